The van der Waals surface area contributed by atoms with Crippen molar-refractivity contribution in [1.29, 1.82) is 0 Å². The number of amides is 1. The van der Waals surface area contributed by atoms with Crippen LogP contribution in [0.5, 0.6) is 11.5 Å². The molecule has 3 aromatic carbocycles. The van der Waals surface area contributed by atoms with Crippen molar-refractivity contribution in [2.45, 2.75) is 6.42 Å². The maximum atomic E-state index is 12.8. The number of ether oxygens (including phenoxy) is 2. The molecule has 5 heteroatoms. The van der Waals surface area contributed by atoms with Crippen molar-refractivity contribution < 1.29 is 14.3 Å². The molecule has 0 radical (unpaired) electrons. The molecule has 28 heavy (non-hydrogen) atoms. The summed E-state index contributed by atoms with van der Waals surface area (Å²) in [6.45, 7) is 0. The minimum Gasteiger partial charge on any atom is -0.493 e. The molecule has 0 saturated heterocycles. The third-order valence-corrected chi connectivity index (χ3v) is 4.74. The van der Waals surface area contributed by atoms with Gasteiger partial charge in [0.2, 0.25) is 0 Å². The van der Waals surface area contributed by atoms with Gasteiger partial charge < -0.3 is 14.8 Å². The number of methoxy groups -OCH3 is 2. The van der Waals surface area contributed by atoms with Crippen LogP contribution in [-0.2, 0) is 6.42 Å². The van der Waals surface area contributed by atoms with E-state index in [1.807, 2.05) is 42.5 Å². The van der Waals surface area contributed by atoms with Gasteiger partial charge in [0.15, 0.2) is 11.5 Å². The Morgan fingerprint density at radius 1 is 0.929 bits per heavy atom. The summed E-state index contributed by atoms with van der Waals surface area (Å²) in [6, 6.07) is 20.9. The lowest BCUT2D eigenvalue weighted by Gasteiger charge is -2.13. The number of rotatable bonds is 5. The second-order valence-corrected chi connectivity index (χ2v) is 6.43. The molecule has 140 valence electrons. The largest absolute Gasteiger partial charge is 0.493 e. The summed E-state index contributed by atoms with van der Waals surface area (Å²) >= 11 is 0. The number of nitrogens with one attached hydrogen (secondary N) is 1. The van der Waals surface area contributed by atoms with Gasteiger partial charge in [-0.2, -0.15) is 0 Å². The molecule has 5 nitrogen and oxygen atoms in total. The fourth-order valence-electron chi connectivity index (χ4n) is 3.31. The highest BCUT2D eigenvalue weighted by molar-refractivity contribution is 6.13. The van der Waals surface area contributed by atoms with E-state index in [4.69, 9.17) is 14.5 Å². The van der Waals surface area contributed by atoms with Crippen molar-refractivity contribution in [3.8, 4) is 11.5 Å². The van der Waals surface area contributed by atoms with Crippen LogP contribution in [0, 0.1) is 0 Å². The number of hydrogen-bond donors (Lipinski definition) is 1. The smallest absolute Gasteiger partial charge is 0.255 e. The molecular weight excluding hydrogens is 352 g/mol. The van der Waals surface area contributed by atoms with E-state index < -0.39 is 0 Å². The SMILES string of the molecule is COc1ccc(C(=O)Nc2ccccc2C2=Nc3ccccc3C2)cc1OC. The standard InChI is InChI=1S/C23H20N2O3/c1-27-21-12-11-16(14-22(21)28-2)23(26)25-19-10-6-4-8-17(19)20-13-15-7-3-5-9-18(15)24-20/h3-12,14H,13H2,1-2H3,(H,25,26). The van der Waals surface area contributed by atoms with Crippen LogP contribution in [-0.4, -0.2) is 25.8 Å². The summed E-state index contributed by atoms with van der Waals surface area (Å²) in [7, 11) is 3.11. The summed E-state index contributed by atoms with van der Waals surface area (Å²) in [5.41, 5.74) is 5.27. The Hall–Kier alpha value is -3.60. The van der Waals surface area contributed by atoms with E-state index in [0.717, 1.165) is 29.1 Å². The van der Waals surface area contributed by atoms with Gasteiger partial charge in [0.05, 0.1) is 31.3 Å². The molecule has 0 unspecified atom stereocenters. The monoisotopic (exact) mass is 372 g/mol. The van der Waals surface area contributed by atoms with Crippen LogP contribution in [0.1, 0.15) is 21.5 Å². The maximum Gasteiger partial charge on any atom is 0.255 e. The number of carbonyl (C=O) groups excluding carboxylic acids is 1. The van der Waals surface area contributed by atoms with E-state index in [9.17, 15) is 4.79 Å². The molecule has 0 atom stereocenters. The minimum absolute atomic E-state index is 0.218. The van der Waals surface area contributed by atoms with Crippen LogP contribution >= 0.6 is 0 Å². The van der Waals surface area contributed by atoms with Gasteiger partial charge in [0.1, 0.15) is 0 Å². The molecular formula is C23H20N2O3. The van der Waals surface area contributed by atoms with Crippen LogP contribution in [0.3, 0.4) is 0 Å². The second kappa shape index (κ2) is 7.56. The van der Waals surface area contributed by atoms with Crippen molar-refractivity contribution in [2.24, 2.45) is 4.99 Å². The van der Waals surface area contributed by atoms with E-state index in [0.29, 0.717) is 17.1 Å². The van der Waals surface area contributed by atoms with Crippen molar-refractivity contribution in [2.75, 3.05) is 19.5 Å². The molecule has 0 fully saturated rings. The molecule has 1 heterocycles. The van der Waals surface area contributed by atoms with Crippen LogP contribution in [0.15, 0.2) is 71.7 Å². The van der Waals surface area contributed by atoms with Crippen LogP contribution in [0.25, 0.3) is 0 Å². The molecule has 3 aromatic rings. The Kier molecular flexibility index (Phi) is 4.81. The summed E-state index contributed by atoms with van der Waals surface area (Å²) in [4.78, 5) is 17.6. The zero-order valence-electron chi connectivity index (χ0n) is 15.7. The Balaban J connectivity index is 1.61. The molecule has 0 aliphatic carbocycles. The van der Waals surface area contributed by atoms with Gasteiger partial charge in [0.25, 0.3) is 5.91 Å². The first-order valence-electron chi connectivity index (χ1n) is 8.98. The Bertz CT molecular complexity index is 1070. The van der Waals surface area contributed by atoms with Crippen molar-refractivity contribution in [3.05, 3.63) is 83.4 Å². The Morgan fingerprint density at radius 3 is 2.46 bits per heavy atom. The van der Waals surface area contributed by atoms with Gasteiger partial charge in [-0.1, -0.05) is 36.4 Å². The van der Waals surface area contributed by atoms with E-state index in [1.165, 1.54) is 5.56 Å². The third kappa shape index (κ3) is 3.34. The number of para-hydroxylation sites is 2. The van der Waals surface area contributed by atoms with E-state index >= 15 is 0 Å². The molecule has 1 aliphatic heterocycles. The van der Waals surface area contributed by atoms with Crippen molar-refractivity contribution >= 4 is 23.0 Å². The predicted octanol–water partition coefficient (Wildman–Crippen LogP) is 4.63. The first-order valence-corrected chi connectivity index (χ1v) is 8.98. The van der Waals surface area contributed by atoms with Gasteiger partial charge in [-0.15, -0.1) is 0 Å². The van der Waals surface area contributed by atoms with Gasteiger partial charge in [0, 0.05) is 17.5 Å². The third-order valence-electron chi connectivity index (χ3n) is 4.74. The second-order valence-electron chi connectivity index (χ2n) is 6.43. The van der Waals surface area contributed by atoms with Gasteiger partial charge in [-0.25, -0.2) is 0 Å². The summed E-state index contributed by atoms with van der Waals surface area (Å²) in [5.74, 6) is 0.876. The zero-order chi connectivity index (χ0) is 19.5. The van der Waals surface area contributed by atoms with E-state index in [1.54, 1.807) is 32.4 Å². The fraction of sp³-hybridized carbons (Fsp3) is 0.130. The molecule has 0 spiro atoms. The summed E-state index contributed by atoms with van der Waals surface area (Å²) in [5, 5.41) is 3.00. The fourth-order valence-corrected chi connectivity index (χ4v) is 3.31. The number of nitrogens with zero attached hydrogens (tertiary/aromatic N) is 1. The number of aliphatic imine (C=N–C) groups is 1. The number of anilines is 1. The molecule has 4 rings (SSSR count). The van der Waals surface area contributed by atoms with Gasteiger partial charge in [-0.3, -0.25) is 9.79 Å². The van der Waals surface area contributed by atoms with E-state index in [2.05, 4.69) is 11.4 Å². The molecule has 0 saturated carbocycles. The summed E-state index contributed by atoms with van der Waals surface area (Å²) < 4.78 is 10.5. The molecule has 1 amide bonds. The average molecular weight is 372 g/mol. The summed E-state index contributed by atoms with van der Waals surface area (Å²) in [6.07, 6.45) is 0.749. The molecule has 1 aliphatic rings. The number of hydrogen-bond acceptors (Lipinski definition) is 4. The highest BCUT2D eigenvalue weighted by atomic mass is 16.5. The molecule has 1 N–H and O–H groups in total. The molecule has 0 aromatic heterocycles. The molecule has 0 bridgehead atoms. The van der Waals surface area contributed by atoms with E-state index in [-0.39, 0.29) is 5.91 Å². The van der Waals surface area contributed by atoms with Crippen LogP contribution < -0.4 is 14.8 Å². The van der Waals surface area contributed by atoms with Crippen LogP contribution in [0.2, 0.25) is 0 Å². The quantitative estimate of drug-likeness (QED) is 0.710. The Labute approximate surface area is 163 Å². The average Bonchev–Trinajstić information content (AvgIpc) is 3.17. The lowest BCUT2D eigenvalue weighted by Crippen LogP contribution is -2.15. The first kappa shape index (κ1) is 17.8. The highest BCUT2D eigenvalue weighted by Gasteiger charge is 2.19. The predicted molar refractivity (Wildman–Crippen MR) is 110 cm³/mol. The number of benzene rings is 3. The zero-order valence-corrected chi connectivity index (χ0v) is 15.7. The lowest BCUT2D eigenvalue weighted by molar-refractivity contribution is 0.102. The van der Waals surface area contributed by atoms with Crippen molar-refractivity contribution in [3.63, 3.8) is 0 Å². The van der Waals surface area contributed by atoms with Gasteiger partial charge >= 0.3 is 0 Å². The van der Waals surface area contributed by atoms with Crippen LogP contribution in [0.4, 0.5) is 11.4 Å². The number of fused-ring (bicyclic) bond motifs is 1. The first-order chi connectivity index (χ1) is 13.7. The topological polar surface area (TPSA) is 59.9 Å². The van der Waals surface area contributed by atoms with Crippen molar-refractivity contribution in [1.82, 2.24) is 0 Å². The highest BCUT2D eigenvalue weighted by Crippen LogP contribution is 2.31. The lowest BCUT2D eigenvalue weighted by atomic mass is 10.0. The maximum absolute atomic E-state index is 12.8. The Morgan fingerprint density at radius 2 is 1.68 bits per heavy atom. The minimum atomic E-state index is -0.218. The van der Waals surface area contributed by atoms with Gasteiger partial charge in [-0.05, 0) is 35.9 Å². The number of carbonyl (C=O) groups is 1. The normalized spacial score (nSPS) is 12.1.